The van der Waals surface area contributed by atoms with Crippen molar-refractivity contribution in [3.05, 3.63) is 11.8 Å². The van der Waals surface area contributed by atoms with Crippen molar-refractivity contribution in [2.75, 3.05) is 7.11 Å². The molecule has 0 N–H and O–H groups in total. The fraction of sp³-hybridized carbons (Fsp3) is 0.833. The minimum Gasteiger partial charge on any atom is -0.500 e. The molecule has 0 amide bonds. The fourth-order valence-corrected chi connectivity index (χ4v) is 13.1. The number of methoxy groups -OCH3 is 1. The molecule has 4 aliphatic carbocycles. The van der Waals surface area contributed by atoms with E-state index in [0.717, 1.165) is 12.8 Å². The molecule has 0 aromatic heterocycles. The van der Waals surface area contributed by atoms with Gasteiger partial charge in [-0.25, -0.2) is 0 Å². The Morgan fingerprint density at radius 1 is 0.931 bits per heavy atom. The molecule has 1 spiro atoms. The first-order valence-corrected chi connectivity index (χ1v) is 13.4. The van der Waals surface area contributed by atoms with Crippen LogP contribution in [0.1, 0.15) is 75.2 Å². The van der Waals surface area contributed by atoms with Gasteiger partial charge in [-0.3, -0.25) is 9.59 Å². The van der Waals surface area contributed by atoms with Gasteiger partial charge < -0.3 is 9.16 Å². The van der Waals surface area contributed by atoms with E-state index in [1.807, 2.05) is 13.0 Å². The van der Waals surface area contributed by atoms with Gasteiger partial charge in [-0.1, -0.05) is 55.4 Å². The number of allylic oxidation sites excluding steroid dienone is 1. The van der Waals surface area contributed by atoms with Crippen LogP contribution in [0.3, 0.4) is 0 Å². The largest absolute Gasteiger partial charge is 0.500 e. The zero-order chi connectivity index (χ0) is 22.2. The van der Waals surface area contributed by atoms with Gasteiger partial charge in [0.05, 0.1) is 24.0 Å². The van der Waals surface area contributed by atoms with Crippen molar-refractivity contribution < 1.29 is 18.8 Å². The van der Waals surface area contributed by atoms with Gasteiger partial charge in [0.25, 0.3) is 0 Å². The van der Waals surface area contributed by atoms with Crippen molar-refractivity contribution in [3.8, 4) is 0 Å². The smallest absolute Gasteiger partial charge is 0.213 e. The van der Waals surface area contributed by atoms with Crippen LogP contribution in [0.25, 0.3) is 0 Å². The number of fused-ring (bicyclic) bond motifs is 1. The summed E-state index contributed by atoms with van der Waals surface area (Å²) in [5, 5.41) is 0. The summed E-state index contributed by atoms with van der Waals surface area (Å²) < 4.78 is 12.9. The van der Waals surface area contributed by atoms with Gasteiger partial charge in [0.2, 0.25) is 19.9 Å². The quantitative estimate of drug-likeness (QED) is 0.410. The molecule has 0 radical (unpaired) electrons. The maximum absolute atomic E-state index is 13.6. The summed E-state index contributed by atoms with van der Waals surface area (Å²) in [5.41, 5.74) is -0.822. The van der Waals surface area contributed by atoms with Crippen LogP contribution in [-0.2, 0) is 18.8 Å². The number of Topliss-reactive ketones (excluding diaryl/α,β-unsaturated/α-hetero) is 2. The van der Waals surface area contributed by atoms with Gasteiger partial charge in [-0.05, 0) is 53.8 Å². The van der Waals surface area contributed by atoms with E-state index in [-0.39, 0.29) is 29.0 Å². The maximum atomic E-state index is 13.6. The summed E-state index contributed by atoms with van der Waals surface area (Å²) in [4.78, 5) is 27.1. The number of hydrogen-bond donors (Lipinski definition) is 0. The third-order valence-corrected chi connectivity index (χ3v) is 15.3. The second kappa shape index (κ2) is 6.78. The Bertz CT molecular complexity index is 728. The SMILES string of the molecule is COC1=C[C@]23C(=O)C(=O)[C@@]1(C)C(C)(C)[C@H]2CC[C@@H]3O[Si](C(C)C)(C(C)C)C(C)C. The van der Waals surface area contributed by atoms with Gasteiger partial charge >= 0.3 is 0 Å². The molecule has 0 aromatic carbocycles. The Morgan fingerprint density at radius 3 is 1.90 bits per heavy atom. The Hall–Kier alpha value is -0.943. The molecule has 164 valence electrons. The van der Waals surface area contributed by atoms with Crippen LogP contribution in [0.5, 0.6) is 0 Å². The van der Waals surface area contributed by atoms with E-state index in [1.165, 1.54) is 0 Å². The molecule has 0 aliphatic heterocycles. The zero-order valence-corrected chi connectivity index (χ0v) is 21.0. The average Bonchev–Trinajstić information content (AvgIpc) is 2.99. The predicted molar refractivity (Wildman–Crippen MR) is 118 cm³/mol. The third-order valence-electron chi connectivity index (χ3n) is 9.18. The van der Waals surface area contributed by atoms with Crippen molar-refractivity contribution in [1.29, 1.82) is 0 Å². The predicted octanol–water partition coefficient (Wildman–Crippen LogP) is 5.67. The number of carbonyl (C=O) groups excluding carboxylic acids is 2. The summed E-state index contributed by atoms with van der Waals surface area (Å²) in [6, 6.07) is 0. The molecule has 2 saturated carbocycles. The van der Waals surface area contributed by atoms with Gasteiger partial charge in [-0.15, -0.1) is 0 Å². The van der Waals surface area contributed by atoms with Crippen LogP contribution in [-0.4, -0.2) is 33.1 Å². The summed E-state index contributed by atoms with van der Waals surface area (Å²) in [5.74, 6) is 0.225. The minimum atomic E-state index is -2.20. The van der Waals surface area contributed by atoms with Gasteiger partial charge in [-0.2, -0.15) is 0 Å². The molecule has 0 saturated heterocycles. The highest BCUT2D eigenvalue weighted by atomic mass is 28.4. The lowest BCUT2D eigenvalue weighted by atomic mass is 9.41. The van der Waals surface area contributed by atoms with Crippen molar-refractivity contribution in [2.24, 2.45) is 22.2 Å². The molecule has 0 aromatic rings. The first kappa shape index (κ1) is 22.7. The number of ether oxygens (including phenoxy) is 1. The van der Waals surface area contributed by atoms with E-state index in [4.69, 9.17) is 9.16 Å². The van der Waals surface area contributed by atoms with E-state index in [1.54, 1.807) is 7.11 Å². The molecular weight excluding hydrogens is 380 g/mol. The zero-order valence-electron chi connectivity index (χ0n) is 20.0. The van der Waals surface area contributed by atoms with Gasteiger partial charge in [0, 0.05) is 0 Å². The molecule has 2 fully saturated rings. The Morgan fingerprint density at radius 2 is 1.45 bits per heavy atom. The molecule has 29 heavy (non-hydrogen) atoms. The summed E-state index contributed by atoms with van der Waals surface area (Å²) in [6.07, 6.45) is 3.51. The molecule has 5 heteroatoms. The van der Waals surface area contributed by atoms with Crippen LogP contribution < -0.4 is 0 Å². The van der Waals surface area contributed by atoms with Crippen LogP contribution >= 0.6 is 0 Å². The van der Waals surface area contributed by atoms with Gasteiger partial charge in [0.1, 0.15) is 5.76 Å². The normalized spacial score (nSPS) is 36.2. The summed E-state index contributed by atoms with van der Waals surface area (Å²) in [6.45, 7) is 19.8. The maximum Gasteiger partial charge on any atom is 0.213 e. The molecule has 0 unspecified atom stereocenters. The van der Waals surface area contributed by atoms with Crippen LogP contribution in [0.4, 0.5) is 0 Å². The van der Waals surface area contributed by atoms with E-state index >= 15 is 0 Å². The monoisotopic (exact) mass is 420 g/mol. The Labute approximate surface area is 177 Å². The summed E-state index contributed by atoms with van der Waals surface area (Å²) >= 11 is 0. The lowest BCUT2D eigenvalue weighted by Crippen LogP contribution is -2.69. The van der Waals surface area contributed by atoms with Crippen LogP contribution in [0.15, 0.2) is 11.8 Å². The first-order chi connectivity index (χ1) is 13.3. The summed E-state index contributed by atoms with van der Waals surface area (Å²) in [7, 11) is -0.575. The molecule has 4 rings (SSSR count). The topological polar surface area (TPSA) is 52.6 Å². The number of rotatable bonds is 6. The lowest BCUT2D eigenvalue weighted by molar-refractivity contribution is -0.174. The molecule has 4 atom stereocenters. The first-order valence-electron chi connectivity index (χ1n) is 11.3. The standard InChI is InChI=1S/C24H40O4Si/c1-14(2)29(15(3)4,16(5)6)28-18-12-11-17-22(7,8)23(9)19(27-10)13-24(17,18)21(26)20(23)25/h13-18H,11-12H2,1-10H3/t17-,18+,23+,24+/m1/s1. The highest BCUT2D eigenvalue weighted by Gasteiger charge is 2.76. The van der Waals surface area contributed by atoms with Crippen molar-refractivity contribution in [2.45, 2.75) is 97.9 Å². The second-order valence-corrected chi connectivity index (χ2v) is 16.6. The molecular formula is C24H40O4Si. The van der Waals surface area contributed by atoms with Crippen molar-refractivity contribution >= 4 is 19.9 Å². The van der Waals surface area contributed by atoms with Crippen molar-refractivity contribution in [3.63, 3.8) is 0 Å². The molecule has 0 heterocycles. The van der Waals surface area contributed by atoms with E-state index in [0.29, 0.717) is 22.4 Å². The minimum absolute atomic E-state index is 0.104. The highest BCUT2D eigenvalue weighted by molar-refractivity contribution is 6.77. The Balaban J connectivity index is 2.20. The van der Waals surface area contributed by atoms with E-state index < -0.39 is 19.1 Å². The fourth-order valence-electron chi connectivity index (χ4n) is 7.47. The highest BCUT2D eigenvalue weighted by Crippen LogP contribution is 2.70. The van der Waals surface area contributed by atoms with Crippen molar-refractivity contribution in [1.82, 2.24) is 0 Å². The second-order valence-electron chi connectivity index (χ2n) is 11.2. The molecule has 4 aliphatic rings. The van der Waals surface area contributed by atoms with Crippen LogP contribution in [0.2, 0.25) is 16.6 Å². The number of carbonyl (C=O) groups is 2. The van der Waals surface area contributed by atoms with E-state index in [9.17, 15) is 9.59 Å². The van der Waals surface area contributed by atoms with Crippen LogP contribution in [0, 0.1) is 22.2 Å². The molecule has 4 nitrogen and oxygen atoms in total. The van der Waals surface area contributed by atoms with E-state index in [2.05, 4.69) is 55.4 Å². The lowest BCUT2D eigenvalue weighted by Gasteiger charge is -2.61. The molecule has 2 bridgehead atoms. The number of hydrogen-bond acceptors (Lipinski definition) is 4. The number of ketones is 2. The Kier molecular flexibility index (Phi) is 5.31. The van der Waals surface area contributed by atoms with Gasteiger partial charge in [0.15, 0.2) is 0 Å². The average molecular weight is 421 g/mol. The third kappa shape index (κ3) is 2.46.